The van der Waals surface area contributed by atoms with Gasteiger partial charge in [0.25, 0.3) is 5.91 Å². The second-order valence-corrected chi connectivity index (χ2v) is 5.12. The number of ether oxygens (including phenoxy) is 2. The lowest BCUT2D eigenvalue weighted by molar-refractivity contribution is 0.102. The first-order chi connectivity index (χ1) is 12.2. The van der Waals surface area contributed by atoms with Crippen molar-refractivity contribution in [3.05, 3.63) is 53.6 Å². The molecule has 0 unspecified atom stereocenters. The van der Waals surface area contributed by atoms with Crippen LogP contribution < -0.4 is 14.8 Å². The van der Waals surface area contributed by atoms with Gasteiger partial charge in [-0.25, -0.2) is 0 Å². The Balaban J connectivity index is 1.51. The summed E-state index contributed by atoms with van der Waals surface area (Å²) in [4.78, 5) is 12.2. The van der Waals surface area contributed by atoms with Gasteiger partial charge in [-0.2, -0.15) is 5.26 Å². The molecule has 25 heavy (non-hydrogen) atoms. The van der Waals surface area contributed by atoms with Crippen LogP contribution in [0.15, 0.2) is 46.9 Å². The Morgan fingerprint density at radius 2 is 1.88 bits per heavy atom. The van der Waals surface area contributed by atoms with E-state index in [1.165, 1.54) is 0 Å². The first kappa shape index (κ1) is 14.7. The molecule has 8 heteroatoms. The second-order valence-electron chi connectivity index (χ2n) is 5.12. The summed E-state index contributed by atoms with van der Waals surface area (Å²) in [5.74, 6) is 1.08. The zero-order chi connectivity index (χ0) is 17.2. The van der Waals surface area contributed by atoms with E-state index < -0.39 is 5.91 Å². The zero-order valence-corrected chi connectivity index (χ0v) is 12.7. The molecule has 0 atom stereocenters. The van der Waals surface area contributed by atoms with Crippen molar-refractivity contribution in [2.75, 3.05) is 12.1 Å². The van der Waals surface area contributed by atoms with E-state index in [1.54, 1.807) is 42.5 Å². The molecule has 3 aromatic rings. The summed E-state index contributed by atoms with van der Waals surface area (Å²) >= 11 is 0. The van der Waals surface area contributed by atoms with Gasteiger partial charge in [-0.3, -0.25) is 10.1 Å². The Kier molecular flexibility index (Phi) is 3.52. The second kappa shape index (κ2) is 5.98. The number of fused-ring (bicyclic) bond motifs is 1. The summed E-state index contributed by atoms with van der Waals surface area (Å²) in [6, 6.07) is 13.4. The molecule has 0 aliphatic carbocycles. The molecule has 0 saturated heterocycles. The predicted octanol–water partition coefficient (Wildman–Crippen LogP) is 2.59. The highest BCUT2D eigenvalue weighted by Crippen LogP contribution is 2.35. The van der Waals surface area contributed by atoms with E-state index in [2.05, 4.69) is 15.5 Å². The van der Waals surface area contributed by atoms with Gasteiger partial charge in [0.05, 0.1) is 11.6 Å². The number of nitrogens with zero attached hydrogens (tertiary/aromatic N) is 3. The maximum atomic E-state index is 12.2. The number of carbonyl (C=O) groups is 1. The lowest BCUT2D eigenvalue weighted by atomic mass is 10.1. The van der Waals surface area contributed by atoms with Gasteiger partial charge < -0.3 is 13.9 Å². The average molecular weight is 334 g/mol. The molecule has 1 aromatic heterocycles. The van der Waals surface area contributed by atoms with Crippen molar-refractivity contribution in [3.63, 3.8) is 0 Å². The van der Waals surface area contributed by atoms with Crippen LogP contribution in [0.3, 0.4) is 0 Å². The van der Waals surface area contributed by atoms with Crippen molar-refractivity contribution < 1.29 is 18.7 Å². The molecule has 1 N–H and O–H groups in total. The van der Waals surface area contributed by atoms with Gasteiger partial charge in [-0.1, -0.05) is 5.10 Å². The molecule has 1 amide bonds. The van der Waals surface area contributed by atoms with Crippen LogP contribution in [0.4, 0.5) is 6.01 Å². The lowest BCUT2D eigenvalue weighted by Gasteiger charge is -2.00. The lowest BCUT2D eigenvalue weighted by Crippen LogP contribution is -2.11. The molecule has 0 saturated carbocycles. The Hall–Kier alpha value is -3.86. The molecule has 0 fully saturated rings. The number of rotatable bonds is 3. The fourth-order valence-electron chi connectivity index (χ4n) is 2.29. The van der Waals surface area contributed by atoms with E-state index in [4.69, 9.17) is 19.2 Å². The predicted molar refractivity (Wildman–Crippen MR) is 85.0 cm³/mol. The number of benzene rings is 2. The molecule has 1 aliphatic heterocycles. The molecular formula is C17H10N4O4. The molecule has 4 rings (SSSR count). The fourth-order valence-corrected chi connectivity index (χ4v) is 2.29. The first-order valence-corrected chi connectivity index (χ1v) is 7.28. The van der Waals surface area contributed by atoms with E-state index in [-0.39, 0.29) is 18.7 Å². The monoisotopic (exact) mass is 334 g/mol. The summed E-state index contributed by atoms with van der Waals surface area (Å²) < 4.78 is 16.0. The smallest absolute Gasteiger partial charge is 0.322 e. The maximum absolute atomic E-state index is 12.2. The number of hydrogen-bond donors (Lipinski definition) is 1. The van der Waals surface area contributed by atoms with Crippen LogP contribution in [0.25, 0.3) is 11.5 Å². The summed E-state index contributed by atoms with van der Waals surface area (Å²) in [6.07, 6.45) is 0. The van der Waals surface area contributed by atoms with Crippen molar-refractivity contribution in [3.8, 4) is 29.0 Å². The number of hydrogen-bond acceptors (Lipinski definition) is 7. The van der Waals surface area contributed by atoms with Gasteiger partial charge >= 0.3 is 6.01 Å². The van der Waals surface area contributed by atoms with E-state index in [1.807, 2.05) is 6.07 Å². The van der Waals surface area contributed by atoms with Gasteiger partial charge in [-0.05, 0) is 42.5 Å². The number of amides is 1. The normalized spacial score (nSPS) is 11.8. The van der Waals surface area contributed by atoms with Crippen LogP contribution in [0.1, 0.15) is 15.9 Å². The summed E-state index contributed by atoms with van der Waals surface area (Å²) in [5.41, 5.74) is 1.50. The van der Waals surface area contributed by atoms with Crippen molar-refractivity contribution in [2.24, 2.45) is 0 Å². The molecule has 2 heterocycles. The van der Waals surface area contributed by atoms with Crippen LogP contribution in [0.2, 0.25) is 0 Å². The number of carbonyl (C=O) groups excluding carboxylic acids is 1. The minimum Gasteiger partial charge on any atom is -0.454 e. The SMILES string of the molecule is N#Cc1ccc(C(=O)Nc2nnc(-c3ccc4c(c3)OCO4)o2)cc1. The Morgan fingerprint density at radius 3 is 2.68 bits per heavy atom. The maximum Gasteiger partial charge on any atom is 0.322 e. The molecular weight excluding hydrogens is 324 g/mol. The standard InChI is InChI=1S/C17H10N4O4/c18-8-10-1-3-11(4-2-10)15(22)19-17-21-20-16(25-17)12-5-6-13-14(7-12)24-9-23-13/h1-7H,9H2,(H,19,21,22). The molecule has 122 valence electrons. The van der Waals surface area contributed by atoms with Gasteiger partial charge in [0, 0.05) is 11.1 Å². The number of nitrogens with one attached hydrogen (secondary N) is 1. The Labute approximate surface area is 141 Å². The van der Waals surface area contributed by atoms with Crippen LogP contribution in [0, 0.1) is 11.3 Å². The first-order valence-electron chi connectivity index (χ1n) is 7.28. The van der Waals surface area contributed by atoms with E-state index in [0.29, 0.717) is 28.2 Å². The number of aromatic nitrogens is 2. The van der Waals surface area contributed by atoms with Crippen molar-refractivity contribution in [1.82, 2.24) is 10.2 Å². The van der Waals surface area contributed by atoms with Crippen LogP contribution in [0.5, 0.6) is 11.5 Å². The quantitative estimate of drug-likeness (QED) is 0.783. The highest BCUT2D eigenvalue weighted by Gasteiger charge is 2.17. The molecule has 1 aliphatic rings. The van der Waals surface area contributed by atoms with Gasteiger partial charge in [0.2, 0.25) is 12.7 Å². The number of nitriles is 1. The van der Waals surface area contributed by atoms with Crippen LogP contribution in [-0.4, -0.2) is 22.9 Å². The molecule has 2 aromatic carbocycles. The third-order valence-corrected chi connectivity index (χ3v) is 3.54. The average Bonchev–Trinajstić information content (AvgIpc) is 3.30. The third kappa shape index (κ3) is 2.86. The summed E-state index contributed by atoms with van der Waals surface area (Å²) in [5, 5.41) is 19.0. The van der Waals surface area contributed by atoms with Crippen LogP contribution >= 0.6 is 0 Å². The Morgan fingerprint density at radius 1 is 1.08 bits per heavy atom. The van der Waals surface area contributed by atoms with Crippen molar-refractivity contribution in [2.45, 2.75) is 0 Å². The summed E-state index contributed by atoms with van der Waals surface area (Å²) in [7, 11) is 0. The minimum atomic E-state index is -0.412. The largest absolute Gasteiger partial charge is 0.454 e. The van der Waals surface area contributed by atoms with Crippen molar-refractivity contribution in [1.29, 1.82) is 5.26 Å². The van der Waals surface area contributed by atoms with Gasteiger partial charge in [0.15, 0.2) is 11.5 Å². The fraction of sp³-hybridized carbons (Fsp3) is 0.0588. The van der Waals surface area contributed by atoms with Crippen LogP contribution in [-0.2, 0) is 0 Å². The van der Waals surface area contributed by atoms with Crippen molar-refractivity contribution >= 4 is 11.9 Å². The highest BCUT2D eigenvalue weighted by atomic mass is 16.7. The Bertz CT molecular complexity index is 989. The third-order valence-electron chi connectivity index (χ3n) is 3.54. The van der Waals surface area contributed by atoms with Gasteiger partial charge in [0.1, 0.15) is 0 Å². The summed E-state index contributed by atoms with van der Waals surface area (Å²) in [6.45, 7) is 0.175. The topological polar surface area (TPSA) is 110 Å². The van der Waals surface area contributed by atoms with E-state index in [9.17, 15) is 4.79 Å². The van der Waals surface area contributed by atoms with E-state index in [0.717, 1.165) is 0 Å². The molecule has 0 radical (unpaired) electrons. The number of anilines is 1. The molecule has 8 nitrogen and oxygen atoms in total. The zero-order valence-electron chi connectivity index (χ0n) is 12.7. The minimum absolute atomic E-state index is 0.0259. The molecule has 0 bridgehead atoms. The van der Waals surface area contributed by atoms with Gasteiger partial charge in [-0.15, -0.1) is 5.10 Å². The van der Waals surface area contributed by atoms with E-state index >= 15 is 0 Å². The highest BCUT2D eigenvalue weighted by molar-refractivity contribution is 6.03. The molecule has 0 spiro atoms.